The number of fused-ring (bicyclic) bond motifs is 3. The first kappa shape index (κ1) is 20.4. The fourth-order valence-electron chi connectivity index (χ4n) is 5.08. The number of methoxy groups -OCH3 is 1. The maximum Gasteiger partial charge on any atom is 0.411 e. The number of hydrogen-bond acceptors (Lipinski definition) is 6. The molecule has 3 heterocycles. The monoisotopic (exact) mass is 433 g/mol. The summed E-state index contributed by atoms with van der Waals surface area (Å²) in [5.74, 6) is 1.46. The first-order valence-corrected chi connectivity index (χ1v) is 11.0. The molecule has 32 heavy (non-hydrogen) atoms. The predicted molar refractivity (Wildman–Crippen MR) is 121 cm³/mol. The van der Waals surface area contributed by atoms with E-state index in [0.29, 0.717) is 12.3 Å². The van der Waals surface area contributed by atoms with Gasteiger partial charge in [0.15, 0.2) is 0 Å². The van der Waals surface area contributed by atoms with E-state index in [9.17, 15) is 4.79 Å². The summed E-state index contributed by atoms with van der Waals surface area (Å²) in [6.45, 7) is 6.47. The number of aryl methyl sites for hydroxylation is 2. The zero-order valence-corrected chi connectivity index (χ0v) is 18.7. The molecular formula is C25H27N3O4. The van der Waals surface area contributed by atoms with Gasteiger partial charge in [-0.3, -0.25) is 4.90 Å². The van der Waals surface area contributed by atoms with Crippen LogP contribution in [0.3, 0.4) is 0 Å². The van der Waals surface area contributed by atoms with Crippen LogP contribution in [0.25, 0.3) is 11.1 Å². The average Bonchev–Trinajstić information content (AvgIpc) is 3.32. The molecule has 1 saturated heterocycles. The van der Waals surface area contributed by atoms with E-state index in [1.807, 2.05) is 43.0 Å². The second kappa shape index (κ2) is 7.89. The van der Waals surface area contributed by atoms with Crippen LogP contribution in [0.5, 0.6) is 5.75 Å². The fourth-order valence-corrected chi connectivity index (χ4v) is 5.08. The number of nitrogens with one attached hydrogen (secondary N) is 1. The third-order valence-corrected chi connectivity index (χ3v) is 6.51. The van der Waals surface area contributed by atoms with Crippen molar-refractivity contribution in [2.24, 2.45) is 0 Å². The molecule has 0 aliphatic carbocycles. The van der Waals surface area contributed by atoms with Crippen molar-refractivity contribution in [2.75, 3.05) is 19.0 Å². The molecule has 0 bridgehead atoms. The smallest absolute Gasteiger partial charge is 0.411 e. The number of hydrogen-bond donors (Lipinski definition) is 1. The normalized spacial score (nSPS) is 20.2. The number of anilines is 1. The SMILES string of the molecule is CC[C@H](c1ccccc1)N1C(=O)OC2CNc3cc(-c4c(C)noc4C)c(OC)cc3C21. The van der Waals surface area contributed by atoms with Crippen molar-refractivity contribution in [3.63, 3.8) is 0 Å². The molecule has 1 N–H and O–H groups in total. The van der Waals surface area contributed by atoms with E-state index in [4.69, 9.17) is 14.0 Å². The van der Waals surface area contributed by atoms with Crippen LogP contribution >= 0.6 is 0 Å². The molecule has 7 nitrogen and oxygen atoms in total. The van der Waals surface area contributed by atoms with Crippen LogP contribution in [0.2, 0.25) is 0 Å². The van der Waals surface area contributed by atoms with Gasteiger partial charge >= 0.3 is 6.09 Å². The minimum absolute atomic E-state index is 0.0714. The Labute approximate surface area is 187 Å². The number of carbonyl (C=O) groups excluding carboxylic acids is 1. The number of rotatable bonds is 5. The highest BCUT2D eigenvalue weighted by molar-refractivity contribution is 5.81. The summed E-state index contributed by atoms with van der Waals surface area (Å²) in [7, 11) is 1.66. The van der Waals surface area contributed by atoms with Gasteiger partial charge in [0.05, 0.1) is 31.0 Å². The average molecular weight is 434 g/mol. The maximum absolute atomic E-state index is 13.0. The first-order chi connectivity index (χ1) is 15.5. The van der Waals surface area contributed by atoms with E-state index in [-0.39, 0.29) is 24.3 Å². The number of aromatic nitrogens is 1. The maximum atomic E-state index is 13.0. The van der Waals surface area contributed by atoms with Crippen molar-refractivity contribution in [3.8, 4) is 16.9 Å². The van der Waals surface area contributed by atoms with Gasteiger partial charge in [-0.1, -0.05) is 42.4 Å². The van der Waals surface area contributed by atoms with E-state index in [0.717, 1.165) is 45.8 Å². The quantitative estimate of drug-likeness (QED) is 0.580. The third kappa shape index (κ3) is 3.11. The molecule has 1 amide bonds. The molecular weight excluding hydrogens is 406 g/mol. The Morgan fingerprint density at radius 2 is 2.03 bits per heavy atom. The first-order valence-electron chi connectivity index (χ1n) is 11.0. The van der Waals surface area contributed by atoms with Gasteiger partial charge in [-0.15, -0.1) is 0 Å². The summed E-state index contributed by atoms with van der Waals surface area (Å²) in [4.78, 5) is 14.9. The van der Waals surface area contributed by atoms with E-state index >= 15 is 0 Å². The molecule has 0 saturated carbocycles. The van der Waals surface area contributed by atoms with Crippen molar-refractivity contribution >= 4 is 11.8 Å². The zero-order valence-electron chi connectivity index (χ0n) is 18.7. The molecule has 3 aromatic rings. The largest absolute Gasteiger partial charge is 0.496 e. The summed E-state index contributed by atoms with van der Waals surface area (Å²) >= 11 is 0. The summed E-state index contributed by atoms with van der Waals surface area (Å²) in [6, 6.07) is 14.0. The molecule has 5 rings (SSSR count). The van der Waals surface area contributed by atoms with Crippen molar-refractivity contribution in [2.45, 2.75) is 45.4 Å². The van der Waals surface area contributed by atoms with Gasteiger partial charge in [0.2, 0.25) is 0 Å². The Morgan fingerprint density at radius 3 is 2.69 bits per heavy atom. The van der Waals surface area contributed by atoms with Crippen LogP contribution in [0.15, 0.2) is 47.0 Å². The van der Waals surface area contributed by atoms with Crippen LogP contribution in [0.4, 0.5) is 10.5 Å². The van der Waals surface area contributed by atoms with Crippen molar-refractivity contribution in [1.82, 2.24) is 10.1 Å². The summed E-state index contributed by atoms with van der Waals surface area (Å²) in [5, 5.41) is 7.55. The zero-order chi connectivity index (χ0) is 22.4. The number of carbonyl (C=O) groups is 1. The predicted octanol–water partition coefficient (Wildman–Crippen LogP) is 5.41. The summed E-state index contributed by atoms with van der Waals surface area (Å²) in [6.07, 6.45) is 0.251. The standard InChI is InChI=1S/C25H27N3O4/c1-5-20(16-9-7-6-8-10-16)28-24-17-12-21(30-4)18(23-14(2)27-32-15(23)3)11-19(17)26-13-22(24)31-25(28)29/h6-12,20,22,24,26H,5,13H2,1-4H3/t20-,22?,24?/m1/s1. The van der Waals surface area contributed by atoms with Crippen molar-refractivity contribution in [1.29, 1.82) is 0 Å². The highest BCUT2D eigenvalue weighted by Crippen LogP contribution is 2.49. The number of nitrogens with zero attached hydrogens (tertiary/aromatic N) is 2. The number of ether oxygens (including phenoxy) is 2. The molecule has 3 atom stereocenters. The highest BCUT2D eigenvalue weighted by Gasteiger charge is 2.48. The second-order valence-electron chi connectivity index (χ2n) is 8.33. The van der Waals surface area contributed by atoms with Gasteiger partial charge < -0.3 is 19.3 Å². The molecule has 166 valence electrons. The Bertz CT molecular complexity index is 1140. The Balaban J connectivity index is 1.63. The van der Waals surface area contributed by atoms with Gasteiger partial charge in [0.1, 0.15) is 23.7 Å². The van der Waals surface area contributed by atoms with E-state index in [2.05, 4.69) is 35.6 Å². The lowest BCUT2D eigenvalue weighted by molar-refractivity contribution is 0.130. The summed E-state index contributed by atoms with van der Waals surface area (Å²) < 4.78 is 17.0. The van der Waals surface area contributed by atoms with Crippen LogP contribution in [-0.2, 0) is 4.74 Å². The molecule has 7 heteroatoms. The van der Waals surface area contributed by atoms with Crippen LogP contribution in [0.1, 0.15) is 48.0 Å². The molecule has 2 aliphatic heterocycles. The van der Waals surface area contributed by atoms with Gasteiger partial charge in [-0.2, -0.15) is 0 Å². The minimum atomic E-state index is -0.279. The van der Waals surface area contributed by atoms with Gasteiger partial charge in [0.25, 0.3) is 0 Å². The number of amides is 1. The minimum Gasteiger partial charge on any atom is -0.496 e. The summed E-state index contributed by atoms with van der Waals surface area (Å²) in [5.41, 5.74) is 5.72. The molecule has 0 radical (unpaired) electrons. The Kier molecular flexibility index (Phi) is 5.04. The van der Waals surface area contributed by atoms with Gasteiger partial charge in [-0.25, -0.2) is 4.79 Å². The number of benzene rings is 2. The van der Waals surface area contributed by atoms with Crippen LogP contribution in [0, 0.1) is 13.8 Å². The molecule has 2 unspecified atom stereocenters. The lowest BCUT2D eigenvalue weighted by atomic mass is 9.89. The highest BCUT2D eigenvalue weighted by atomic mass is 16.6. The molecule has 1 aromatic heterocycles. The van der Waals surface area contributed by atoms with Gasteiger partial charge in [0, 0.05) is 16.8 Å². The van der Waals surface area contributed by atoms with Gasteiger partial charge in [-0.05, 0) is 38.0 Å². The van der Waals surface area contributed by atoms with Crippen molar-refractivity contribution < 1.29 is 18.8 Å². The Morgan fingerprint density at radius 1 is 1.25 bits per heavy atom. The topological polar surface area (TPSA) is 76.8 Å². The second-order valence-corrected chi connectivity index (χ2v) is 8.33. The fraction of sp³-hybridized carbons (Fsp3) is 0.360. The third-order valence-electron chi connectivity index (χ3n) is 6.51. The van der Waals surface area contributed by atoms with E-state index in [1.165, 1.54) is 0 Å². The Hall–Kier alpha value is -3.48. The van der Waals surface area contributed by atoms with Crippen LogP contribution in [-0.4, -0.2) is 35.9 Å². The molecule has 2 aliphatic rings. The van der Waals surface area contributed by atoms with E-state index < -0.39 is 0 Å². The van der Waals surface area contributed by atoms with Crippen LogP contribution < -0.4 is 10.1 Å². The lowest BCUT2D eigenvalue weighted by Gasteiger charge is -2.36. The lowest BCUT2D eigenvalue weighted by Crippen LogP contribution is -2.38. The van der Waals surface area contributed by atoms with Crippen molar-refractivity contribution in [3.05, 3.63) is 65.0 Å². The molecule has 1 fully saturated rings. The molecule has 0 spiro atoms. The molecule has 2 aromatic carbocycles. The van der Waals surface area contributed by atoms with E-state index in [1.54, 1.807) is 7.11 Å².